The van der Waals surface area contributed by atoms with Crippen LogP contribution in [-0.2, 0) is 19.1 Å². The van der Waals surface area contributed by atoms with Crippen LogP contribution in [0.1, 0.15) is 51.7 Å². The molecule has 0 heterocycles. The van der Waals surface area contributed by atoms with Crippen molar-refractivity contribution < 1.29 is 19.1 Å². The van der Waals surface area contributed by atoms with Gasteiger partial charge in [0.2, 0.25) is 0 Å². The first-order valence-electron chi connectivity index (χ1n) is 6.92. The fraction of sp³-hybridized carbons (Fsp3) is 0.412. The van der Waals surface area contributed by atoms with Crippen LogP contribution < -0.4 is 0 Å². The highest BCUT2D eigenvalue weighted by molar-refractivity contribution is 5.69. The van der Waals surface area contributed by atoms with Crippen molar-refractivity contribution in [2.75, 3.05) is 0 Å². The number of ether oxygens (including phenoxy) is 2. The molecule has 0 unspecified atom stereocenters. The van der Waals surface area contributed by atoms with Crippen molar-refractivity contribution in [1.29, 1.82) is 0 Å². The smallest absolute Gasteiger partial charge is 0.305 e. The molecule has 0 fully saturated rings. The maximum atomic E-state index is 11.1. The molecule has 0 aliphatic heterocycles. The van der Waals surface area contributed by atoms with E-state index in [1.165, 1.54) is 19.4 Å². The molecule has 0 radical (unpaired) electrons. The molecule has 0 atom stereocenters. The van der Waals surface area contributed by atoms with E-state index in [0.29, 0.717) is 11.5 Å². The Kier molecular flexibility index (Phi) is 6.15. The van der Waals surface area contributed by atoms with Crippen molar-refractivity contribution in [3.8, 4) is 0 Å². The van der Waals surface area contributed by atoms with Crippen molar-refractivity contribution in [2.24, 2.45) is 0 Å². The predicted octanol–water partition coefficient (Wildman–Crippen LogP) is 3.67. The van der Waals surface area contributed by atoms with E-state index in [4.69, 9.17) is 9.47 Å². The van der Waals surface area contributed by atoms with E-state index in [-0.39, 0.29) is 0 Å². The Morgan fingerprint density at radius 3 is 2.00 bits per heavy atom. The second kappa shape index (κ2) is 7.62. The van der Waals surface area contributed by atoms with Gasteiger partial charge in [-0.15, -0.1) is 0 Å². The third-order valence-electron chi connectivity index (χ3n) is 2.92. The van der Waals surface area contributed by atoms with Gasteiger partial charge in [0.25, 0.3) is 6.29 Å². The van der Waals surface area contributed by atoms with E-state index in [0.717, 1.165) is 5.56 Å². The molecule has 21 heavy (non-hydrogen) atoms. The first-order chi connectivity index (χ1) is 9.81. The van der Waals surface area contributed by atoms with E-state index < -0.39 is 18.2 Å². The number of esters is 2. The van der Waals surface area contributed by atoms with Crippen LogP contribution in [0.3, 0.4) is 0 Å². The Morgan fingerprint density at radius 1 is 1.00 bits per heavy atom. The number of rotatable bonds is 5. The molecule has 0 aliphatic rings. The summed E-state index contributed by atoms with van der Waals surface area (Å²) in [6.07, 6.45) is 0.895. The van der Waals surface area contributed by atoms with Gasteiger partial charge < -0.3 is 9.47 Å². The molecule has 0 spiro atoms. The highest BCUT2D eigenvalue weighted by atomic mass is 16.7. The van der Waals surface area contributed by atoms with Crippen molar-refractivity contribution in [3.05, 3.63) is 41.0 Å². The highest BCUT2D eigenvalue weighted by Gasteiger charge is 2.18. The molecule has 0 saturated carbocycles. The zero-order valence-electron chi connectivity index (χ0n) is 13.2. The maximum absolute atomic E-state index is 11.1. The van der Waals surface area contributed by atoms with Crippen LogP contribution in [0, 0.1) is 0 Å². The van der Waals surface area contributed by atoms with E-state index >= 15 is 0 Å². The molecule has 114 valence electrons. The van der Waals surface area contributed by atoms with Crippen LogP contribution in [-0.4, -0.2) is 18.2 Å². The van der Waals surface area contributed by atoms with Crippen LogP contribution in [0.5, 0.6) is 0 Å². The third-order valence-corrected chi connectivity index (χ3v) is 2.92. The molecular weight excluding hydrogens is 268 g/mol. The molecule has 0 amide bonds. The molecule has 0 aromatic heterocycles. The van der Waals surface area contributed by atoms with Crippen LogP contribution in [0.4, 0.5) is 0 Å². The summed E-state index contributed by atoms with van der Waals surface area (Å²) < 4.78 is 10.1. The SMILES string of the molecule is CC(=O)OC(OC(C)=O)C(C)=Cc1ccccc1C(C)C. The monoisotopic (exact) mass is 290 g/mol. The number of carbonyl (C=O) groups is 2. The minimum absolute atomic E-state index is 0.367. The summed E-state index contributed by atoms with van der Waals surface area (Å²) >= 11 is 0. The first kappa shape index (κ1) is 17.0. The van der Waals surface area contributed by atoms with E-state index in [1.54, 1.807) is 6.92 Å². The van der Waals surface area contributed by atoms with Crippen LogP contribution in [0.15, 0.2) is 29.8 Å². The number of benzene rings is 1. The van der Waals surface area contributed by atoms with Gasteiger partial charge in [0.05, 0.1) is 0 Å². The summed E-state index contributed by atoms with van der Waals surface area (Å²) in [5.74, 6) is -0.622. The Bertz CT molecular complexity index is 527. The minimum atomic E-state index is -0.986. The molecule has 4 nitrogen and oxygen atoms in total. The number of hydrogen-bond donors (Lipinski definition) is 0. The van der Waals surface area contributed by atoms with Crippen molar-refractivity contribution in [1.82, 2.24) is 0 Å². The summed E-state index contributed by atoms with van der Waals surface area (Å²) in [4.78, 5) is 22.3. The van der Waals surface area contributed by atoms with Crippen LogP contribution in [0.25, 0.3) is 6.08 Å². The zero-order chi connectivity index (χ0) is 16.0. The van der Waals surface area contributed by atoms with Gasteiger partial charge >= 0.3 is 11.9 Å². The van der Waals surface area contributed by atoms with Crippen molar-refractivity contribution in [3.63, 3.8) is 0 Å². The standard InChI is InChI=1S/C17H22O4/c1-11(2)16-9-7-6-8-15(16)10-12(3)17(20-13(4)18)21-14(5)19/h6-11,17H,1-5H3. The minimum Gasteiger partial charge on any atom is -0.421 e. The molecule has 4 heteroatoms. The van der Waals surface area contributed by atoms with E-state index in [2.05, 4.69) is 19.9 Å². The van der Waals surface area contributed by atoms with E-state index in [9.17, 15) is 9.59 Å². The molecule has 0 bridgehead atoms. The van der Waals surface area contributed by atoms with Gasteiger partial charge in [0.15, 0.2) is 0 Å². The van der Waals surface area contributed by atoms with Crippen LogP contribution >= 0.6 is 0 Å². The second-order valence-corrected chi connectivity index (χ2v) is 5.22. The zero-order valence-corrected chi connectivity index (χ0v) is 13.2. The fourth-order valence-electron chi connectivity index (χ4n) is 1.99. The molecule has 0 N–H and O–H groups in total. The van der Waals surface area contributed by atoms with Gasteiger partial charge in [0, 0.05) is 19.4 Å². The quantitative estimate of drug-likeness (QED) is 0.613. The lowest BCUT2D eigenvalue weighted by Gasteiger charge is -2.18. The van der Waals surface area contributed by atoms with Crippen molar-refractivity contribution in [2.45, 2.75) is 46.8 Å². The number of hydrogen-bond acceptors (Lipinski definition) is 4. The van der Waals surface area contributed by atoms with Gasteiger partial charge in [-0.2, -0.15) is 0 Å². The first-order valence-corrected chi connectivity index (χ1v) is 6.92. The topological polar surface area (TPSA) is 52.6 Å². The Labute approximate surface area is 125 Å². The van der Waals surface area contributed by atoms with Gasteiger partial charge in [-0.1, -0.05) is 38.1 Å². The Morgan fingerprint density at radius 2 is 1.52 bits per heavy atom. The molecule has 0 saturated heterocycles. The van der Waals surface area contributed by atoms with Gasteiger partial charge in [-0.3, -0.25) is 9.59 Å². The lowest BCUT2D eigenvalue weighted by Crippen LogP contribution is -2.23. The average molecular weight is 290 g/mol. The summed E-state index contributed by atoms with van der Waals surface area (Å²) in [7, 11) is 0. The van der Waals surface area contributed by atoms with Crippen LogP contribution in [0.2, 0.25) is 0 Å². The van der Waals surface area contributed by atoms with Gasteiger partial charge in [0.1, 0.15) is 0 Å². The summed E-state index contributed by atoms with van der Waals surface area (Å²) in [6, 6.07) is 7.96. The van der Waals surface area contributed by atoms with E-state index in [1.807, 2.05) is 24.3 Å². The summed E-state index contributed by atoms with van der Waals surface area (Å²) in [5, 5.41) is 0. The molecular formula is C17H22O4. The molecule has 1 rings (SSSR count). The third kappa shape index (κ3) is 5.42. The predicted molar refractivity (Wildman–Crippen MR) is 81.5 cm³/mol. The normalized spacial score (nSPS) is 11.7. The maximum Gasteiger partial charge on any atom is 0.305 e. The number of carbonyl (C=O) groups excluding carboxylic acids is 2. The van der Waals surface area contributed by atoms with Gasteiger partial charge in [-0.25, -0.2) is 0 Å². The van der Waals surface area contributed by atoms with Gasteiger partial charge in [-0.05, 0) is 30.0 Å². The average Bonchev–Trinajstić information content (AvgIpc) is 2.37. The summed E-state index contributed by atoms with van der Waals surface area (Å²) in [6.45, 7) is 8.56. The molecule has 1 aromatic rings. The largest absolute Gasteiger partial charge is 0.421 e. The lowest BCUT2D eigenvalue weighted by molar-refractivity contribution is -0.177. The highest BCUT2D eigenvalue weighted by Crippen LogP contribution is 2.23. The summed E-state index contributed by atoms with van der Waals surface area (Å²) in [5.41, 5.74) is 2.86. The Hall–Kier alpha value is -2.10. The lowest BCUT2D eigenvalue weighted by atomic mass is 9.96. The molecule has 0 aliphatic carbocycles. The van der Waals surface area contributed by atoms with Crippen molar-refractivity contribution >= 4 is 18.0 Å². The fourth-order valence-corrected chi connectivity index (χ4v) is 1.99. The Balaban J connectivity index is 3.09. The molecule has 1 aromatic carbocycles. The second-order valence-electron chi connectivity index (χ2n) is 5.22.